The average Bonchev–Trinajstić information content (AvgIpc) is 2.36. The first kappa shape index (κ1) is 7.21. The summed E-state index contributed by atoms with van der Waals surface area (Å²) in [6.45, 7) is 4.02. The van der Waals surface area contributed by atoms with E-state index in [4.69, 9.17) is 10.2 Å². The largest absolute Gasteiger partial charge is 0.426 e. The molecule has 0 aromatic carbocycles. The van der Waals surface area contributed by atoms with Crippen molar-refractivity contribution in [2.45, 2.75) is 19.9 Å². The highest BCUT2D eigenvalue weighted by atomic mass is 16.4. The summed E-state index contributed by atoms with van der Waals surface area (Å²) in [6, 6.07) is -0.137. The standard InChI is InChI=1S/C6H11N3O/c1-4(2)5(7)6-9-8-3-10-6/h3-5H,7H2,1-2H3. The van der Waals surface area contributed by atoms with E-state index in [9.17, 15) is 0 Å². The maximum atomic E-state index is 5.69. The summed E-state index contributed by atoms with van der Waals surface area (Å²) in [6.07, 6.45) is 1.29. The summed E-state index contributed by atoms with van der Waals surface area (Å²) in [5.41, 5.74) is 5.69. The van der Waals surface area contributed by atoms with E-state index in [2.05, 4.69) is 10.2 Å². The van der Waals surface area contributed by atoms with Crippen LogP contribution in [0.5, 0.6) is 0 Å². The van der Waals surface area contributed by atoms with Gasteiger partial charge in [-0.3, -0.25) is 0 Å². The second kappa shape index (κ2) is 2.79. The van der Waals surface area contributed by atoms with Crippen molar-refractivity contribution in [2.24, 2.45) is 11.7 Å². The van der Waals surface area contributed by atoms with Gasteiger partial charge in [-0.2, -0.15) is 0 Å². The molecule has 1 unspecified atom stereocenters. The third-order valence-corrected chi connectivity index (χ3v) is 1.38. The van der Waals surface area contributed by atoms with Crippen LogP contribution < -0.4 is 5.73 Å². The SMILES string of the molecule is CC(C)C(N)c1nnco1. The fourth-order valence-electron chi connectivity index (χ4n) is 0.612. The molecule has 4 nitrogen and oxygen atoms in total. The molecule has 4 heteroatoms. The lowest BCUT2D eigenvalue weighted by molar-refractivity contribution is 0.388. The predicted octanol–water partition coefficient (Wildman–Crippen LogP) is 0.725. The summed E-state index contributed by atoms with van der Waals surface area (Å²) in [4.78, 5) is 0. The highest BCUT2D eigenvalue weighted by Crippen LogP contribution is 2.14. The number of rotatable bonds is 2. The van der Waals surface area contributed by atoms with E-state index >= 15 is 0 Å². The minimum atomic E-state index is -0.137. The van der Waals surface area contributed by atoms with Crippen LogP contribution in [0.1, 0.15) is 25.8 Å². The minimum absolute atomic E-state index is 0.137. The molecule has 1 aromatic heterocycles. The Morgan fingerprint density at radius 1 is 1.60 bits per heavy atom. The zero-order chi connectivity index (χ0) is 7.56. The summed E-state index contributed by atoms with van der Waals surface area (Å²) in [5.74, 6) is 0.843. The van der Waals surface area contributed by atoms with Gasteiger partial charge in [0.15, 0.2) is 0 Å². The topological polar surface area (TPSA) is 64.9 Å². The van der Waals surface area contributed by atoms with E-state index < -0.39 is 0 Å². The predicted molar refractivity (Wildman–Crippen MR) is 36.1 cm³/mol. The molecular weight excluding hydrogens is 130 g/mol. The van der Waals surface area contributed by atoms with Gasteiger partial charge in [-0.05, 0) is 5.92 Å². The Kier molecular flexibility index (Phi) is 2.01. The van der Waals surface area contributed by atoms with Crippen LogP contribution in [0, 0.1) is 5.92 Å². The molecule has 0 spiro atoms. The summed E-state index contributed by atoms with van der Waals surface area (Å²) >= 11 is 0. The van der Waals surface area contributed by atoms with Gasteiger partial charge in [0.2, 0.25) is 12.3 Å². The minimum Gasteiger partial charge on any atom is -0.426 e. The summed E-state index contributed by atoms with van der Waals surface area (Å²) < 4.78 is 4.91. The van der Waals surface area contributed by atoms with Crippen molar-refractivity contribution in [1.82, 2.24) is 10.2 Å². The Morgan fingerprint density at radius 3 is 2.70 bits per heavy atom. The lowest BCUT2D eigenvalue weighted by Crippen LogP contribution is -2.16. The number of hydrogen-bond donors (Lipinski definition) is 1. The zero-order valence-electron chi connectivity index (χ0n) is 6.11. The molecule has 0 fully saturated rings. The molecule has 56 valence electrons. The summed E-state index contributed by atoms with van der Waals surface area (Å²) in [7, 11) is 0. The Morgan fingerprint density at radius 2 is 2.30 bits per heavy atom. The monoisotopic (exact) mass is 141 g/mol. The molecule has 0 aliphatic rings. The van der Waals surface area contributed by atoms with Gasteiger partial charge >= 0.3 is 0 Å². The molecule has 0 aliphatic heterocycles. The molecular formula is C6H11N3O. The second-order valence-electron chi connectivity index (χ2n) is 2.55. The van der Waals surface area contributed by atoms with E-state index in [-0.39, 0.29) is 6.04 Å². The molecule has 0 saturated heterocycles. The van der Waals surface area contributed by atoms with Gasteiger partial charge in [-0.15, -0.1) is 10.2 Å². The van der Waals surface area contributed by atoms with Gasteiger partial charge in [0.25, 0.3) is 0 Å². The van der Waals surface area contributed by atoms with Crippen LogP contribution in [-0.2, 0) is 0 Å². The number of hydrogen-bond acceptors (Lipinski definition) is 4. The highest BCUT2D eigenvalue weighted by molar-refractivity contribution is 4.85. The molecule has 1 atom stereocenters. The molecule has 0 amide bonds. The van der Waals surface area contributed by atoms with Gasteiger partial charge in [0.1, 0.15) is 0 Å². The third kappa shape index (κ3) is 1.33. The lowest BCUT2D eigenvalue weighted by Gasteiger charge is -2.09. The molecule has 0 radical (unpaired) electrons. The molecule has 1 rings (SSSR count). The Bertz CT molecular complexity index is 183. The third-order valence-electron chi connectivity index (χ3n) is 1.38. The van der Waals surface area contributed by atoms with Crippen LogP contribution in [0.3, 0.4) is 0 Å². The van der Waals surface area contributed by atoms with E-state index in [1.807, 2.05) is 13.8 Å². The smallest absolute Gasteiger partial charge is 0.233 e. The first-order chi connectivity index (χ1) is 4.72. The quantitative estimate of drug-likeness (QED) is 0.659. The van der Waals surface area contributed by atoms with Gasteiger partial charge in [-0.25, -0.2) is 0 Å². The fourth-order valence-corrected chi connectivity index (χ4v) is 0.612. The van der Waals surface area contributed by atoms with Crippen molar-refractivity contribution in [3.63, 3.8) is 0 Å². The van der Waals surface area contributed by atoms with Crippen molar-refractivity contribution < 1.29 is 4.42 Å². The highest BCUT2D eigenvalue weighted by Gasteiger charge is 2.14. The molecule has 0 saturated carbocycles. The number of nitrogens with two attached hydrogens (primary N) is 1. The van der Waals surface area contributed by atoms with Crippen LogP contribution in [0.4, 0.5) is 0 Å². The van der Waals surface area contributed by atoms with Crippen LogP contribution in [0.25, 0.3) is 0 Å². The first-order valence-corrected chi connectivity index (χ1v) is 3.23. The Balaban J connectivity index is 2.68. The van der Waals surface area contributed by atoms with Crippen molar-refractivity contribution in [3.8, 4) is 0 Å². The lowest BCUT2D eigenvalue weighted by atomic mass is 10.1. The average molecular weight is 141 g/mol. The molecule has 0 aliphatic carbocycles. The Labute approximate surface area is 59.4 Å². The van der Waals surface area contributed by atoms with Crippen LogP contribution >= 0.6 is 0 Å². The van der Waals surface area contributed by atoms with Gasteiger partial charge < -0.3 is 10.2 Å². The normalized spacial score (nSPS) is 14.0. The molecule has 1 heterocycles. The molecule has 1 aromatic rings. The van der Waals surface area contributed by atoms with E-state index in [0.717, 1.165) is 0 Å². The van der Waals surface area contributed by atoms with Gasteiger partial charge in [0, 0.05) is 0 Å². The van der Waals surface area contributed by atoms with Gasteiger partial charge in [0.05, 0.1) is 6.04 Å². The van der Waals surface area contributed by atoms with Gasteiger partial charge in [-0.1, -0.05) is 13.8 Å². The number of nitrogens with zero attached hydrogens (tertiary/aromatic N) is 2. The first-order valence-electron chi connectivity index (χ1n) is 3.23. The summed E-state index contributed by atoms with van der Waals surface area (Å²) in [5, 5.41) is 7.22. The second-order valence-corrected chi connectivity index (χ2v) is 2.55. The molecule has 2 N–H and O–H groups in total. The van der Waals surface area contributed by atoms with Crippen molar-refractivity contribution >= 4 is 0 Å². The van der Waals surface area contributed by atoms with Crippen LogP contribution in [-0.4, -0.2) is 10.2 Å². The van der Waals surface area contributed by atoms with E-state index in [1.54, 1.807) is 0 Å². The molecule has 10 heavy (non-hydrogen) atoms. The Hall–Kier alpha value is -0.900. The maximum absolute atomic E-state index is 5.69. The van der Waals surface area contributed by atoms with Crippen LogP contribution in [0.15, 0.2) is 10.8 Å². The van der Waals surface area contributed by atoms with Crippen molar-refractivity contribution in [3.05, 3.63) is 12.3 Å². The van der Waals surface area contributed by atoms with Crippen molar-refractivity contribution in [1.29, 1.82) is 0 Å². The zero-order valence-corrected chi connectivity index (χ0v) is 6.11. The van der Waals surface area contributed by atoms with Crippen LogP contribution in [0.2, 0.25) is 0 Å². The molecule has 0 bridgehead atoms. The fraction of sp³-hybridized carbons (Fsp3) is 0.667. The van der Waals surface area contributed by atoms with E-state index in [0.29, 0.717) is 11.8 Å². The van der Waals surface area contributed by atoms with Crippen molar-refractivity contribution in [2.75, 3.05) is 0 Å². The van der Waals surface area contributed by atoms with E-state index in [1.165, 1.54) is 6.39 Å². The maximum Gasteiger partial charge on any atom is 0.233 e. The number of aromatic nitrogens is 2.